The fourth-order valence-electron chi connectivity index (χ4n) is 3.01. The minimum Gasteiger partial charge on any atom is -0.356 e. The summed E-state index contributed by atoms with van der Waals surface area (Å²) in [7, 11) is 1.80. The number of ketones is 1. The van der Waals surface area contributed by atoms with Crippen molar-refractivity contribution < 1.29 is 9.18 Å². The van der Waals surface area contributed by atoms with E-state index in [1.807, 2.05) is 24.3 Å². The Kier molecular flexibility index (Phi) is 4.65. The molecular weight excluding hydrogens is 319 g/mol. The van der Waals surface area contributed by atoms with Gasteiger partial charge in [-0.05, 0) is 25.1 Å². The van der Waals surface area contributed by atoms with Gasteiger partial charge in [0.2, 0.25) is 0 Å². The third kappa shape index (κ3) is 3.06. The molecule has 130 valence electrons. The summed E-state index contributed by atoms with van der Waals surface area (Å²) in [5, 5.41) is 0. The van der Waals surface area contributed by atoms with Crippen LogP contribution in [0.5, 0.6) is 0 Å². The second-order valence-electron chi connectivity index (χ2n) is 6.21. The Hall–Kier alpha value is -2.57. The van der Waals surface area contributed by atoms with Crippen LogP contribution in [0.15, 0.2) is 53.5 Å². The minimum absolute atomic E-state index is 0.277. The van der Waals surface area contributed by atoms with Gasteiger partial charge in [-0.1, -0.05) is 30.3 Å². The Morgan fingerprint density at radius 3 is 2.40 bits per heavy atom. The smallest absolute Gasteiger partial charge is 0.177 e. The quantitative estimate of drug-likeness (QED) is 0.890. The highest BCUT2D eigenvalue weighted by Gasteiger charge is 2.35. The lowest BCUT2D eigenvalue weighted by Gasteiger charge is -2.29. The lowest BCUT2D eigenvalue weighted by Crippen LogP contribution is -2.53. The summed E-state index contributed by atoms with van der Waals surface area (Å²) < 4.78 is 14.4. The molecule has 1 heterocycles. The molecule has 25 heavy (non-hydrogen) atoms. The van der Waals surface area contributed by atoms with Gasteiger partial charge in [0, 0.05) is 23.9 Å². The minimum atomic E-state index is -0.882. The summed E-state index contributed by atoms with van der Waals surface area (Å²) in [5.41, 5.74) is 14.3. The first-order valence-corrected chi connectivity index (χ1v) is 8.11. The molecule has 5 nitrogen and oxygen atoms in total. The maximum atomic E-state index is 14.4. The third-order valence-electron chi connectivity index (χ3n) is 4.45. The van der Waals surface area contributed by atoms with E-state index in [4.69, 9.17) is 11.5 Å². The molecule has 0 bridgehead atoms. The molecule has 3 atom stereocenters. The van der Waals surface area contributed by atoms with Gasteiger partial charge in [-0.25, -0.2) is 4.39 Å². The largest absolute Gasteiger partial charge is 0.356 e. The van der Waals surface area contributed by atoms with Gasteiger partial charge in [-0.2, -0.15) is 0 Å². The molecule has 0 spiro atoms. The molecule has 6 heteroatoms. The molecule has 0 fully saturated rings. The zero-order valence-electron chi connectivity index (χ0n) is 14.2. The molecule has 1 aliphatic rings. The first kappa shape index (κ1) is 17.3. The number of anilines is 1. The number of carbonyl (C=O) groups is 1. The number of para-hydroxylation sites is 1. The van der Waals surface area contributed by atoms with Gasteiger partial charge < -0.3 is 16.4 Å². The van der Waals surface area contributed by atoms with Crippen LogP contribution in [-0.2, 0) is 4.79 Å². The third-order valence-corrected chi connectivity index (χ3v) is 4.45. The zero-order chi connectivity index (χ0) is 18.1. The molecular formula is C19H21FN4O. The Balaban J connectivity index is 2.26. The second kappa shape index (κ2) is 6.74. The molecule has 0 amide bonds. The van der Waals surface area contributed by atoms with Crippen molar-refractivity contribution in [2.24, 2.45) is 16.5 Å². The number of hydrogen-bond donors (Lipinski definition) is 2. The van der Waals surface area contributed by atoms with Crippen molar-refractivity contribution in [1.82, 2.24) is 0 Å². The lowest BCUT2D eigenvalue weighted by atomic mass is 9.99. The lowest BCUT2D eigenvalue weighted by molar-refractivity contribution is -0.121. The second-order valence-corrected chi connectivity index (χ2v) is 6.21. The Bertz CT molecular complexity index is 834. The molecule has 0 saturated carbocycles. The summed E-state index contributed by atoms with van der Waals surface area (Å²) in [6, 6.07) is 12.2. The number of nitrogens with zero attached hydrogens (tertiary/aromatic N) is 2. The van der Waals surface area contributed by atoms with Gasteiger partial charge >= 0.3 is 0 Å². The average Bonchev–Trinajstić information content (AvgIpc) is 2.71. The predicted molar refractivity (Wildman–Crippen MR) is 97.3 cm³/mol. The molecule has 0 radical (unpaired) electrons. The maximum Gasteiger partial charge on any atom is 0.177 e. The summed E-state index contributed by atoms with van der Waals surface area (Å²) >= 11 is 0. The summed E-state index contributed by atoms with van der Waals surface area (Å²) in [6.07, 6.45) is -0.691. The first-order chi connectivity index (χ1) is 11.9. The number of rotatable bonds is 3. The number of fused-ring (bicyclic) bond motifs is 1. The van der Waals surface area contributed by atoms with Crippen LogP contribution in [0.1, 0.15) is 18.1 Å². The summed E-state index contributed by atoms with van der Waals surface area (Å²) in [5.74, 6) is -0.679. The SMILES string of the molecule is CC(N)C(=O)C1N=C(c2ccccc2F)c2ccccc2N(C)C1N. The van der Waals surface area contributed by atoms with Gasteiger partial charge in [-0.3, -0.25) is 9.79 Å². The number of aliphatic imine (C=N–C) groups is 1. The van der Waals surface area contributed by atoms with Crippen molar-refractivity contribution in [3.63, 3.8) is 0 Å². The van der Waals surface area contributed by atoms with E-state index >= 15 is 0 Å². The van der Waals surface area contributed by atoms with Crippen LogP contribution in [0, 0.1) is 5.82 Å². The van der Waals surface area contributed by atoms with E-state index in [1.165, 1.54) is 6.07 Å². The van der Waals surface area contributed by atoms with Crippen LogP contribution in [0.25, 0.3) is 0 Å². The number of carbonyl (C=O) groups excluding carboxylic acids is 1. The Morgan fingerprint density at radius 1 is 1.16 bits per heavy atom. The fraction of sp³-hybridized carbons (Fsp3) is 0.263. The number of nitrogens with two attached hydrogens (primary N) is 2. The number of benzodiazepines with no additional fused rings is 1. The standard InChI is InChI=1S/C19H21FN4O/c1-11(21)18(25)17-19(22)24(2)15-10-6-4-8-13(15)16(23-17)12-7-3-5-9-14(12)20/h3-11,17,19H,21-22H2,1-2H3. The van der Waals surface area contributed by atoms with Crippen molar-refractivity contribution in [3.8, 4) is 0 Å². The number of benzene rings is 2. The van der Waals surface area contributed by atoms with Crippen LogP contribution in [0.3, 0.4) is 0 Å². The average molecular weight is 340 g/mol. The molecule has 3 rings (SSSR count). The van der Waals surface area contributed by atoms with E-state index in [1.54, 1.807) is 37.1 Å². The summed E-state index contributed by atoms with van der Waals surface area (Å²) in [4.78, 5) is 19.0. The molecule has 4 N–H and O–H groups in total. The van der Waals surface area contributed by atoms with Crippen LogP contribution in [-0.4, -0.2) is 36.8 Å². The number of likely N-dealkylation sites (N-methyl/N-ethyl adjacent to an activating group) is 1. The highest BCUT2D eigenvalue weighted by atomic mass is 19.1. The monoisotopic (exact) mass is 340 g/mol. The summed E-state index contributed by atoms with van der Waals surface area (Å²) in [6.45, 7) is 1.60. The Morgan fingerprint density at radius 2 is 1.76 bits per heavy atom. The maximum absolute atomic E-state index is 14.4. The van der Waals surface area contributed by atoms with E-state index in [0.717, 1.165) is 11.3 Å². The van der Waals surface area contributed by atoms with E-state index in [-0.39, 0.29) is 5.78 Å². The van der Waals surface area contributed by atoms with Crippen molar-refractivity contribution in [3.05, 3.63) is 65.5 Å². The number of Topliss-reactive ketones (excluding diaryl/α,β-unsaturated/α-hetero) is 1. The highest BCUT2D eigenvalue weighted by molar-refractivity contribution is 6.17. The van der Waals surface area contributed by atoms with Crippen LogP contribution < -0.4 is 16.4 Å². The van der Waals surface area contributed by atoms with Crippen molar-refractivity contribution in [1.29, 1.82) is 0 Å². The van der Waals surface area contributed by atoms with Gasteiger partial charge in [0.05, 0.1) is 11.8 Å². The van der Waals surface area contributed by atoms with E-state index < -0.39 is 24.1 Å². The normalized spacial score (nSPS) is 21.2. The van der Waals surface area contributed by atoms with Crippen LogP contribution >= 0.6 is 0 Å². The van der Waals surface area contributed by atoms with Gasteiger partial charge in [0.1, 0.15) is 18.0 Å². The van der Waals surface area contributed by atoms with Gasteiger partial charge in [0.25, 0.3) is 0 Å². The van der Waals surface area contributed by atoms with Gasteiger partial charge in [0.15, 0.2) is 5.78 Å². The van der Waals surface area contributed by atoms with E-state index in [9.17, 15) is 9.18 Å². The fourth-order valence-corrected chi connectivity index (χ4v) is 3.01. The van der Waals surface area contributed by atoms with Gasteiger partial charge in [-0.15, -0.1) is 0 Å². The Labute approximate surface area is 146 Å². The number of halogens is 1. The molecule has 2 aromatic carbocycles. The predicted octanol–water partition coefficient (Wildman–Crippen LogP) is 1.68. The van der Waals surface area contributed by atoms with Crippen molar-refractivity contribution in [2.75, 3.05) is 11.9 Å². The van der Waals surface area contributed by atoms with E-state index in [2.05, 4.69) is 4.99 Å². The molecule has 1 aliphatic heterocycles. The molecule has 0 saturated heterocycles. The molecule has 0 aliphatic carbocycles. The van der Waals surface area contributed by atoms with Crippen LogP contribution in [0.2, 0.25) is 0 Å². The van der Waals surface area contributed by atoms with Crippen LogP contribution in [0.4, 0.5) is 10.1 Å². The molecule has 3 unspecified atom stereocenters. The van der Waals surface area contributed by atoms with E-state index in [0.29, 0.717) is 11.3 Å². The molecule has 2 aromatic rings. The topological polar surface area (TPSA) is 84.7 Å². The number of hydrogen-bond acceptors (Lipinski definition) is 5. The van der Waals surface area contributed by atoms with Crippen molar-refractivity contribution >= 4 is 17.2 Å². The first-order valence-electron chi connectivity index (χ1n) is 8.11. The highest BCUT2D eigenvalue weighted by Crippen LogP contribution is 2.29. The zero-order valence-corrected chi connectivity index (χ0v) is 14.2. The molecule has 0 aromatic heterocycles. The van der Waals surface area contributed by atoms with Crippen molar-refractivity contribution in [2.45, 2.75) is 25.2 Å².